The van der Waals surface area contributed by atoms with E-state index in [2.05, 4.69) is 9.97 Å². The lowest BCUT2D eigenvalue weighted by molar-refractivity contribution is -0.118. The summed E-state index contributed by atoms with van der Waals surface area (Å²) < 4.78 is 5.16. The maximum absolute atomic E-state index is 13.0. The third-order valence-corrected chi connectivity index (χ3v) is 4.93. The van der Waals surface area contributed by atoms with Gasteiger partial charge in [-0.3, -0.25) is 19.6 Å². The van der Waals surface area contributed by atoms with E-state index in [1.165, 1.54) is 7.11 Å². The molecule has 0 saturated heterocycles. The molecule has 28 heavy (non-hydrogen) atoms. The highest BCUT2D eigenvalue weighted by Gasteiger charge is 2.39. The third-order valence-electron chi connectivity index (χ3n) is 4.93. The number of aliphatic hydroxyl groups is 1. The molecule has 3 rings (SSSR count). The summed E-state index contributed by atoms with van der Waals surface area (Å²) in [6.07, 6.45) is 0.516. The smallest absolute Gasteiger partial charge is 0.327 e. The van der Waals surface area contributed by atoms with Gasteiger partial charge >= 0.3 is 5.69 Å². The van der Waals surface area contributed by atoms with Gasteiger partial charge in [0.15, 0.2) is 5.78 Å². The highest BCUT2D eigenvalue weighted by atomic mass is 16.5. The van der Waals surface area contributed by atoms with Crippen LogP contribution in [-0.2, 0) is 4.79 Å². The van der Waals surface area contributed by atoms with Gasteiger partial charge in [-0.25, -0.2) is 4.79 Å². The number of carbonyl (C=O) groups excluding carboxylic acids is 1. The molecule has 1 aromatic carbocycles. The number of methoxy groups -OCH3 is 1. The molecule has 148 valence electrons. The number of nitrogen functional groups attached to an aromatic ring is 1. The number of hydrogen-bond acceptors (Lipinski definition) is 6. The summed E-state index contributed by atoms with van der Waals surface area (Å²) in [6.45, 7) is 3.78. The van der Waals surface area contributed by atoms with Crippen LogP contribution in [0.15, 0.2) is 45.2 Å². The minimum absolute atomic E-state index is 0.0133. The van der Waals surface area contributed by atoms with Gasteiger partial charge in [-0.2, -0.15) is 0 Å². The van der Waals surface area contributed by atoms with Crippen LogP contribution in [0.4, 0.5) is 5.82 Å². The first-order valence-corrected chi connectivity index (χ1v) is 8.84. The van der Waals surface area contributed by atoms with Crippen LogP contribution in [-0.4, -0.2) is 28.0 Å². The van der Waals surface area contributed by atoms with Crippen LogP contribution in [0.25, 0.3) is 0 Å². The van der Waals surface area contributed by atoms with Crippen LogP contribution in [0.5, 0.6) is 5.75 Å². The quantitative estimate of drug-likeness (QED) is 0.635. The number of ether oxygens (including phenoxy) is 1. The first-order valence-electron chi connectivity index (χ1n) is 8.84. The van der Waals surface area contributed by atoms with E-state index in [9.17, 15) is 19.5 Å². The van der Waals surface area contributed by atoms with Crippen molar-refractivity contribution < 1.29 is 14.6 Å². The summed E-state index contributed by atoms with van der Waals surface area (Å²) in [5.41, 5.74) is 4.81. The molecule has 5 N–H and O–H groups in total. The van der Waals surface area contributed by atoms with Gasteiger partial charge in [0, 0.05) is 24.3 Å². The van der Waals surface area contributed by atoms with Crippen LogP contribution < -0.4 is 21.7 Å². The Hall–Kier alpha value is -3.29. The number of anilines is 1. The molecule has 1 aliphatic carbocycles. The van der Waals surface area contributed by atoms with Gasteiger partial charge in [0.2, 0.25) is 0 Å². The number of aromatic nitrogens is 2. The van der Waals surface area contributed by atoms with Gasteiger partial charge in [-0.1, -0.05) is 26.0 Å². The molecule has 0 spiro atoms. The van der Waals surface area contributed by atoms with E-state index in [0.29, 0.717) is 17.7 Å². The van der Waals surface area contributed by atoms with Crippen molar-refractivity contribution in [3.63, 3.8) is 0 Å². The fourth-order valence-electron chi connectivity index (χ4n) is 3.70. The molecule has 1 heterocycles. The summed E-state index contributed by atoms with van der Waals surface area (Å²) in [4.78, 5) is 41.6. The Bertz CT molecular complexity index is 1060. The van der Waals surface area contributed by atoms with Gasteiger partial charge in [0.1, 0.15) is 17.3 Å². The zero-order valence-electron chi connectivity index (χ0n) is 16.0. The van der Waals surface area contributed by atoms with E-state index in [1.54, 1.807) is 24.3 Å². The average Bonchev–Trinajstić information content (AvgIpc) is 2.58. The molecule has 0 bridgehead atoms. The number of carbonyl (C=O) groups is 1. The van der Waals surface area contributed by atoms with Crippen molar-refractivity contribution in [1.82, 2.24) is 9.97 Å². The number of H-pyrrole nitrogens is 2. The molecule has 0 fully saturated rings. The van der Waals surface area contributed by atoms with Crippen molar-refractivity contribution in [2.24, 2.45) is 5.41 Å². The van der Waals surface area contributed by atoms with Crippen molar-refractivity contribution in [2.75, 3.05) is 12.8 Å². The molecule has 1 unspecified atom stereocenters. The lowest BCUT2D eigenvalue weighted by atomic mass is 9.71. The lowest BCUT2D eigenvalue weighted by Gasteiger charge is -2.32. The molecule has 8 nitrogen and oxygen atoms in total. The number of aliphatic hydroxyl groups excluding tert-OH is 1. The third kappa shape index (κ3) is 3.58. The normalized spacial score (nSPS) is 17.5. The zero-order valence-corrected chi connectivity index (χ0v) is 16.0. The average molecular weight is 385 g/mol. The van der Waals surface area contributed by atoms with Crippen molar-refractivity contribution >= 4 is 11.6 Å². The van der Waals surface area contributed by atoms with Gasteiger partial charge in [-0.05, 0) is 23.1 Å². The molecule has 2 aromatic rings. The number of benzene rings is 1. The molecule has 0 radical (unpaired) electrons. The maximum atomic E-state index is 13.0. The first kappa shape index (κ1) is 19.5. The molecule has 0 amide bonds. The summed E-state index contributed by atoms with van der Waals surface area (Å²) in [5, 5.41) is 10.7. The maximum Gasteiger partial charge on any atom is 0.327 e. The summed E-state index contributed by atoms with van der Waals surface area (Å²) in [7, 11) is 1.53. The number of ketones is 1. The molecule has 8 heteroatoms. The molecule has 0 aliphatic heterocycles. The van der Waals surface area contributed by atoms with Gasteiger partial charge < -0.3 is 15.6 Å². The Morgan fingerprint density at radius 3 is 2.29 bits per heavy atom. The summed E-state index contributed by atoms with van der Waals surface area (Å²) >= 11 is 0. The van der Waals surface area contributed by atoms with E-state index in [4.69, 9.17) is 10.5 Å². The van der Waals surface area contributed by atoms with Gasteiger partial charge in [0.25, 0.3) is 5.56 Å². The van der Waals surface area contributed by atoms with E-state index in [0.717, 1.165) is 0 Å². The van der Waals surface area contributed by atoms with Crippen molar-refractivity contribution in [3.8, 4) is 5.75 Å². The second kappa shape index (κ2) is 7.03. The number of nitrogens with two attached hydrogens (primary N) is 1. The largest absolute Gasteiger partial charge is 0.512 e. The highest BCUT2D eigenvalue weighted by molar-refractivity contribution is 5.99. The molecule has 1 aromatic heterocycles. The Kier molecular flexibility index (Phi) is 4.89. The first-order chi connectivity index (χ1) is 13.1. The van der Waals surface area contributed by atoms with Gasteiger partial charge in [-0.15, -0.1) is 0 Å². The number of hydrogen-bond donors (Lipinski definition) is 4. The fraction of sp³-hybridized carbons (Fsp3) is 0.350. The summed E-state index contributed by atoms with van der Waals surface area (Å²) in [6, 6.07) is 6.77. The topological polar surface area (TPSA) is 138 Å². The van der Waals surface area contributed by atoms with Crippen LogP contribution in [0.2, 0.25) is 0 Å². The lowest BCUT2D eigenvalue weighted by Crippen LogP contribution is -2.34. The Labute approximate surface area is 161 Å². The van der Waals surface area contributed by atoms with E-state index >= 15 is 0 Å². The van der Waals surface area contributed by atoms with Crippen molar-refractivity contribution in [1.29, 1.82) is 0 Å². The monoisotopic (exact) mass is 385 g/mol. The minimum Gasteiger partial charge on any atom is -0.512 e. The molecule has 1 aliphatic rings. The van der Waals surface area contributed by atoms with Crippen LogP contribution in [0.3, 0.4) is 0 Å². The van der Waals surface area contributed by atoms with Crippen LogP contribution >= 0.6 is 0 Å². The Morgan fingerprint density at radius 2 is 1.75 bits per heavy atom. The SMILES string of the molecule is COc1ccc(C(C2=C(O)CC(C)(C)CC2=O)c2c(N)[nH]c(=O)[nH]c2=O)cc1. The number of allylic oxidation sites excluding steroid dienone is 2. The highest BCUT2D eigenvalue weighted by Crippen LogP contribution is 2.43. The van der Waals surface area contributed by atoms with E-state index in [-0.39, 0.29) is 34.9 Å². The van der Waals surface area contributed by atoms with Crippen LogP contribution in [0, 0.1) is 5.41 Å². The van der Waals surface area contributed by atoms with E-state index < -0.39 is 22.6 Å². The van der Waals surface area contributed by atoms with Crippen LogP contribution in [0.1, 0.15) is 43.7 Å². The molecular formula is C20H23N3O5. The van der Waals surface area contributed by atoms with E-state index in [1.807, 2.05) is 13.8 Å². The predicted molar refractivity (Wildman–Crippen MR) is 105 cm³/mol. The Morgan fingerprint density at radius 1 is 1.11 bits per heavy atom. The fourth-order valence-corrected chi connectivity index (χ4v) is 3.70. The molecular weight excluding hydrogens is 362 g/mol. The second-order valence-electron chi connectivity index (χ2n) is 7.74. The second-order valence-corrected chi connectivity index (χ2v) is 7.74. The van der Waals surface area contributed by atoms with Crippen molar-refractivity contribution in [3.05, 3.63) is 67.6 Å². The molecule has 0 saturated carbocycles. The number of rotatable bonds is 4. The number of aromatic amines is 2. The van der Waals surface area contributed by atoms with Crippen molar-refractivity contribution in [2.45, 2.75) is 32.6 Å². The molecule has 1 atom stereocenters. The summed E-state index contributed by atoms with van der Waals surface area (Å²) in [5.74, 6) is -0.811. The Balaban J connectivity index is 2.28. The predicted octanol–water partition coefficient (Wildman–Crippen LogP) is 1.99. The zero-order chi connectivity index (χ0) is 20.6. The minimum atomic E-state index is -0.921. The number of Topliss-reactive ketones (excluding diaryl/α,β-unsaturated/α-hetero) is 1. The van der Waals surface area contributed by atoms with Gasteiger partial charge in [0.05, 0.1) is 12.7 Å². The number of nitrogens with one attached hydrogen (secondary N) is 2. The standard InChI is InChI=1S/C20H23N3O5/c1-20(2)8-12(24)15(13(25)9-20)14(10-4-6-11(28-3)7-5-10)16-17(21)22-19(27)23-18(16)26/h4-7,14,24H,8-9H2,1-3H3,(H4,21,22,23,26,27).